The van der Waals surface area contributed by atoms with Crippen molar-refractivity contribution in [3.8, 4) is 11.4 Å². The maximum atomic E-state index is 12.9. The molecule has 0 bridgehead atoms. The Bertz CT molecular complexity index is 876. The second kappa shape index (κ2) is 6.85. The molecule has 1 atom stereocenters. The van der Waals surface area contributed by atoms with Crippen molar-refractivity contribution >= 4 is 11.3 Å². The predicted octanol–water partition coefficient (Wildman–Crippen LogP) is 4.81. The molecule has 1 aliphatic heterocycles. The van der Waals surface area contributed by atoms with Crippen LogP contribution in [0.5, 0.6) is 0 Å². The molecule has 0 unspecified atom stereocenters. The molecular weight excluding hydrogens is 363 g/mol. The summed E-state index contributed by atoms with van der Waals surface area (Å²) in [6.07, 6.45) is -3.50. The first-order valence-electron chi connectivity index (χ1n) is 8.24. The lowest BCUT2D eigenvalue weighted by atomic mass is 10.1. The van der Waals surface area contributed by atoms with E-state index in [1.54, 1.807) is 17.4 Å². The number of halogens is 3. The number of hydrogen-bond acceptors (Lipinski definition) is 5. The van der Waals surface area contributed by atoms with Gasteiger partial charge in [-0.2, -0.15) is 29.5 Å². The van der Waals surface area contributed by atoms with Gasteiger partial charge in [0.15, 0.2) is 0 Å². The first-order valence-corrected chi connectivity index (χ1v) is 9.18. The Balaban J connectivity index is 1.47. The fourth-order valence-corrected chi connectivity index (χ4v) is 3.83. The standard InChI is InChI=1S/C18H16F3N3OS/c19-18(20,21)15-3-1-2-13(8-15)16-22-17(25-23-16)14-4-6-24(10-14)9-12-5-7-26-11-12/h1-3,5,7-8,11,14H,4,6,9-10H2/t14-/m0/s1. The number of alkyl halides is 3. The Kier molecular flexibility index (Phi) is 4.54. The molecule has 1 saturated heterocycles. The van der Waals surface area contributed by atoms with Gasteiger partial charge in [0.05, 0.1) is 11.5 Å². The van der Waals surface area contributed by atoms with Crippen LogP contribution in [-0.4, -0.2) is 28.1 Å². The van der Waals surface area contributed by atoms with Gasteiger partial charge in [-0.3, -0.25) is 4.90 Å². The zero-order valence-electron chi connectivity index (χ0n) is 13.7. The van der Waals surface area contributed by atoms with E-state index in [1.807, 2.05) is 0 Å². The van der Waals surface area contributed by atoms with Gasteiger partial charge in [-0.1, -0.05) is 17.3 Å². The quantitative estimate of drug-likeness (QED) is 0.653. The lowest BCUT2D eigenvalue weighted by Gasteiger charge is -2.13. The number of benzene rings is 1. The van der Waals surface area contributed by atoms with Crippen LogP contribution < -0.4 is 0 Å². The topological polar surface area (TPSA) is 42.2 Å². The summed E-state index contributed by atoms with van der Waals surface area (Å²) in [5, 5.41) is 8.07. The third kappa shape index (κ3) is 3.66. The van der Waals surface area contributed by atoms with Gasteiger partial charge in [0, 0.05) is 18.7 Å². The molecule has 4 rings (SSSR count). The van der Waals surface area contributed by atoms with Crippen molar-refractivity contribution in [3.63, 3.8) is 0 Å². The van der Waals surface area contributed by atoms with Gasteiger partial charge in [-0.25, -0.2) is 0 Å². The highest BCUT2D eigenvalue weighted by Crippen LogP contribution is 2.33. The Labute approximate surface area is 152 Å². The molecule has 1 fully saturated rings. The van der Waals surface area contributed by atoms with Gasteiger partial charge >= 0.3 is 6.18 Å². The molecule has 0 N–H and O–H groups in total. The Hall–Kier alpha value is -2.19. The summed E-state index contributed by atoms with van der Waals surface area (Å²) < 4.78 is 43.9. The number of thiophene rings is 1. The molecule has 2 aromatic heterocycles. The molecule has 0 amide bonds. The van der Waals surface area contributed by atoms with Crippen LogP contribution in [-0.2, 0) is 12.7 Å². The molecule has 8 heteroatoms. The molecule has 1 aliphatic rings. The lowest BCUT2D eigenvalue weighted by molar-refractivity contribution is -0.137. The van der Waals surface area contributed by atoms with E-state index in [4.69, 9.17) is 4.52 Å². The van der Waals surface area contributed by atoms with Crippen LogP contribution in [0.2, 0.25) is 0 Å². The minimum atomic E-state index is -4.39. The van der Waals surface area contributed by atoms with E-state index in [9.17, 15) is 13.2 Å². The molecule has 0 aliphatic carbocycles. The molecule has 0 saturated carbocycles. The Morgan fingerprint density at radius 3 is 2.92 bits per heavy atom. The second-order valence-electron chi connectivity index (χ2n) is 6.39. The Morgan fingerprint density at radius 2 is 2.15 bits per heavy atom. The Morgan fingerprint density at radius 1 is 1.27 bits per heavy atom. The van der Waals surface area contributed by atoms with E-state index in [-0.39, 0.29) is 11.7 Å². The van der Waals surface area contributed by atoms with Crippen LogP contribution in [0.1, 0.15) is 29.4 Å². The van der Waals surface area contributed by atoms with Gasteiger partial charge in [-0.15, -0.1) is 0 Å². The molecule has 0 radical (unpaired) electrons. The van der Waals surface area contributed by atoms with Crippen molar-refractivity contribution < 1.29 is 17.7 Å². The van der Waals surface area contributed by atoms with Crippen molar-refractivity contribution in [2.75, 3.05) is 13.1 Å². The number of likely N-dealkylation sites (tertiary alicyclic amines) is 1. The molecule has 4 nitrogen and oxygen atoms in total. The summed E-state index contributed by atoms with van der Waals surface area (Å²) in [6, 6.07) is 7.10. The molecule has 1 aromatic carbocycles. The maximum absolute atomic E-state index is 12.9. The summed E-state index contributed by atoms with van der Waals surface area (Å²) in [5.74, 6) is 0.799. The number of aromatic nitrogens is 2. The smallest absolute Gasteiger partial charge is 0.339 e. The highest BCUT2D eigenvalue weighted by Gasteiger charge is 2.31. The van der Waals surface area contributed by atoms with Crippen LogP contribution in [0.25, 0.3) is 11.4 Å². The van der Waals surface area contributed by atoms with Crippen molar-refractivity contribution in [1.29, 1.82) is 0 Å². The third-order valence-electron chi connectivity index (χ3n) is 4.50. The van der Waals surface area contributed by atoms with Gasteiger partial charge in [-0.05, 0) is 47.5 Å². The first kappa shape index (κ1) is 17.2. The fourth-order valence-electron chi connectivity index (χ4n) is 3.17. The third-order valence-corrected chi connectivity index (χ3v) is 5.23. The van der Waals surface area contributed by atoms with Gasteiger partial charge in [0.2, 0.25) is 11.7 Å². The van der Waals surface area contributed by atoms with Crippen molar-refractivity contribution in [1.82, 2.24) is 15.0 Å². The zero-order valence-corrected chi connectivity index (χ0v) is 14.6. The molecule has 136 valence electrons. The van der Waals surface area contributed by atoms with E-state index in [2.05, 4.69) is 31.9 Å². The SMILES string of the molecule is FC(F)(F)c1cccc(-c2noc([C@H]3CCN(Cc4ccsc4)C3)n2)c1. The molecular formula is C18H16F3N3OS. The maximum Gasteiger partial charge on any atom is 0.416 e. The minimum absolute atomic E-state index is 0.112. The highest BCUT2D eigenvalue weighted by molar-refractivity contribution is 7.07. The summed E-state index contributed by atoms with van der Waals surface area (Å²) in [6.45, 7) is 2.62. The summed E-state index contributed by atoms with van der Waals surface area (Å²) in [7, 11) is 0. The van der Waals surface area contributed by atoms with E-state index in [0.29, 0.717) is 11.5 Å². The largest absolute Gasteiger partial charge is 0.416 e. The lowest BCUT2D eigenvalue weighted by Crippen LogP contribution is -2.19. The molecule has 3 aromatic rings. The van der Waals surface area contributed by atoms with E-state index in [0.717, 1.165) is 38.2 Å². The summed E-state index contributed by atoms with van der Waals surface area (Å²) in [4.78, 5) is 6.67. The van der Waals surface area contributed by atoms with E-state index < -0.39 is 11.7 Å². The van der Waals surface area contributed by atoms with Crippen LogP contribution in [0.15, 0.2) is 45.6 Å². The fraction of sp³-hybridized carbons (Fsp3) is 0.333. The number of nitrogens with zero attached hydrogens (tertiary/aromatic N) is 3. The zero-order chi connectivity index (χ0) is 18.1. The normalized spacial score (nSPS) is 18.5. The highest BCUT2D eigenvalue weighted by atomic mass is 32.1. The summed E-state index contributed by atoms with van der Waals surface area (Å²) in [5.41, 5.74) is 0.873. The van der Waals surface area contributed by atoms with Crippen molar-refractivity contribution in [2.24, 2.45) is 0 Å². The van der Waals surface area contributed by atoms with Crippen LogP contribution in [0.4, 0.5) is 13.2 Å². The van der Waals surface area contributed by atoms with Gasteiger partial charge < -0.3 is 4.52 Å². The van der Waals surface area contributed by atoms with Crippen molar-refractivity contribution in [2.45, 2.75) is 25.1 Å². The van der Waals surface area contributed by atoms with E-state index >= 15 is 0 Å². The van der Waals surface area contributed by atoms with E-state index in [1.165, 1.54) is 11.6 Å². The molecule has 0 spiro atoms. The van der Waals surface area contributed by atoms with Gasteiger partial charge in [0.25, 0.3) is 0 Å². The monoisotopic (exact) mass is 379 g/mol. The second-order valence-corrected chi connectivity index (χ2v) is 7.17. The molecule has 26 heavy (non-hydrogen) atoms. The molecule has 3 heterocycles. The summed E-state index contributed by atoms with van der Waals surface area (Å²) >= 11 is 1.68. The minimum Gasteiger partial charge on any atom is -0.339 e. The predicted molar refractivity (Wildman–Crippen MR) is 91.7 cm³/mol. The van der Waals surface area contributed by atoms with Crippen molar-refractivity contribution in [3.05, 3.63) is 58.1 Å². The van der Waals surface area contributed by atoms with Gasteiger partial charge in [0.1, 0.15) is 0 Å². The first-order chi connectivity index (χ1) is 12.5. The number of hydrogen-bond donors (Lipinski definition) is 0. The number of rotatable bonds is 4. The van der Waals surface area contributed by atoms with Crippen LogP contribution >= 0.6 is 11.3 Å². The van der Waals surface area contributed by atoms with Crippen LogP contribution in [0, 0.1) is 0 Å². The van der Waals surface area contributed by atoms with Crippen LogP contribution in [0.3, 0.4) is 0 Å². The average molecular weight is 379 g/mol. The average Bonchev–Trinajstić information content (AvgIpc) is 3.36.